The van der Waals surface area contributed by atoms with E-state index in [2.05, 4.69) is 0 Å². The van der Waals surface area contributed by atoms with Crippen molar-refractivity contribution in [3.05, 3.63) is 34.8 Å². The molecule has 0 saturated carbocycles. The van der Waals surface area contributed by atoms with Crippen molar-refractivity contribution >= 4 is 17.0 Å². The molecule has 0 unspecified atom stereocenters. The van der Waals surface area contributed by atoms with E-state index in [1.807, 2.05) is 0 Å². The Hall–Kier alpha value is -2.04. The number of benzene rings is 1. The number of carbonyl (C=O) groups is 1. The minimum atomic E-state index is -0.568. The number of hydrogen-bond donors (Lipinski definition) is 0. The molecular formula is C12H14N2O3. The summed E-state index contributed by atoms with van der Waals surface area (Å²) >= 11 is 0. The lowest BCUT2D eigenvalue weighted by molar-refractivity contribution is -0.131. The summed E-state index contributed by atoms with van der Waals surface area (Å²) in [5.41, 5.74) is 1.14. The highest BCUT2D eigenvalue weighted by Gasteiger charge is 2.22. The number of carbonyl (C=O) groups excluding carboxylic acids is 1. The molecule has 1 atom stereocenters. The number of hydrogen-bond acceptors (Lipinski definition) is 3. The largest absolute Gasteiger partial charge is 0.420 e. The minimum Gasteiger partial charge on any atom is -0.408 e. The highest BCUT2D eigenvalue weighted by atomic mass is 16.4. The first-order valence-electron chi connectivity index (χ1n) is 5.33. The summed E-state index contributed by atoms with van der Waals surface area (Å²) in [6.45, 7) is 1.69. The minimum absolute atomic E-state index is 0.140. The van der Waals surface area contributed by atoms with Gasteiger partial charge in [0, 0.05) is 14.1 Å². The van der Waals surface area contributed by atoms with Crippen molar-refractivity contribution in [2.24, 2.45) is 0 Å². The van der Waals surface area contributed by atoms with Gasteiger partial charge in [-0.3, -0.25) is 9.36 Å². The summed E-state index contributed by atoms with van der Waals surface area (Å²) in [6, 6.07) is 6.50. The Morgan fingerprint density at radius 1 is 1.35 bits per heavy atom. The molecule has 5 heteroatoms. The fraction of sp³-hybridized carbons (Fsp3) is 0.333. The predicted octanol–water partition coefficient (Wildman–Crippen LogP) is 1.24. The van der Waals surface area contributed by atoms with E-state index in [1.54, 1.807) is 45.3 Å². The third-order valence-electron chi connectivity index (χ3n) is 2.70. The van der Waals surface area contributed by atoms with Crippen LogP contribution in [0.25, 0.3) is 11.1 Å². The molecule has 0 spiro atoms. The number of oxazole rings is 1. The smallest absolute Gasteiger partial charge is 0.408 e. The molecule has 0 aliphatic carbocycles. The molecule has 90 valence electrons. The van der Waals surface area contributed by atoms with Crippen LogP contribution in [-0.2, 0) is 4.79 Å². The molecule has 0 bridgehead atoms. The van der Waals surface area contributed by atoms with Crippen LogP contribution in [0.3, 0.4) is 0 Å². The van der Waals surface area contributed by atoms with Gasteiger partial charge in [-0.15, -0.1) is 0 Å². The van der Waals surface area contributed by atoms with Crippen molar-refractivity contribution in [1.82, 2.24) is 9.47 Å². The highest BCUT2D eigenvalue weighted by Crippen LogP contribution is 2.17. The van der Waals surface area contributed by atoms with Gasteiger partial charge in [0.1, 0.15) is 6.04 Å². The Bertz CT molecular complexity index is 609. The van der Waals surface area contributed by atoms with Gasteiger partial charge in [-0.05, 0) is 19.1 Å². The molecule has 0 saturated heterocycles. The summed E-state index contributed by atoms with van der Waals surface area (Å²) in [7, 11) is 3.32. The number of aromatic nitrogens is 1. The number of nitrogens with zero attached hydrogens (tertiary/aromatic N) is 2. The van der Waals surface area contributed by atoms with Gasteiger partial charge >= 0.3 is 5.76 Å². The Morgan fingerprint density at radius 3 is 2.65 bits per heavy atom. The van der Waals surface area contributed by atoms with Gasteiger partial charge in [-0.1, -0.05) is 12.1 Å². The molecule has 0 radical (unpaired) electrons. The summed E-state index contributed by atoms with van der Waals surface area (Å²) in [6.07, 6.45) is 0. The normalized spacial score (nSPS) is 12.6. The second kappa shape index (κ2) is 4.08. The van der Waals surface area contributed by atoms with Crippen molar-refractivity contribution in [2.75, 3.05) is 14.1 Å². The fourth-order valence-corrected chi connectivity index (χ4v) is 1.83. The SMILES string of the molecule is C[C@@H](C(=O)N(C)C)n1c(=O)oc2ccccc21. The first-order chi connectivity index (χ1) is 8.02. The van der Waals surface area contributed by atoms with Crippen LogP contribution in [0.4, 0.5) is 0 Å². The number of fused-ring (bicyclic) bond motifs is 1. The number of likely N-dealkylation sites (N-methyl/N-ethyl adjacent to an activating group) is 1. The lowest BCUT2D eigenvalue weighted by Gasteiger charge is -2.17. The predicted molar refractivity (Wildman–Crippen MR) is 63.9 cm³/mol. The zero-order valence-corrected chi connectivity index (χ0v) is 10.0. The van der Waals surface area contributed by atoms with E-state index in [-0.39, 0.29) is 5.91 Å². The number of rotatable bonds is 2. The van der Waals surface area contributed by atoms with Crippen LogP contribution < -0.4 is 5.76 Å². The summed E-state index contributed by atoms with van der Waals surface area (Å²) in [4.78, 5) is 25.1. The van der Waals surface area contributed by atoms with E-state index in [0.717, 1.165) is 0 Å². The van der Waals surface area contributed by atoms with Gasteiger partial charge in [0.2, 0.25) is 5.91 Å². The summed E-state index contributed by atoms with van der Waals surface area (Å²) in [5, 5.41) is 0. The van der Waals surface area contributed by atoms with E-state index >= 15 is 0 Å². The van der Waals surface area contributed by atoms with Crippen molar-refractivity contribution < 1.29 is 9.21 Å². The van der Waals surface area contributed by atoms with E-state index in [1.165, 1.54) is 9.47 Å². The molecule has 2 rings (SSSR count). The lowest BCUT2D eigenvalue weighted by Crippen LogP contribution is -2.33. The van der Waals surface area contributed by atoms with Gasteiger partial charge in [-0.25, -0.2) is 4.79 Å². The molecule has 1 aromatic heterocycles. The van der Waals surface area contributed by atoms with E-state index < -0.39 is 11.8 Å². The van der Waals surface area contributed by atoms with E-state index in [9.17, 15) is 9.59 Å². The maximum Gasteiger partial charge on any atom is 0.420 e. The molecule has 5 nitrogen and oxygen atoms in total. The monoisotopic (exact) mass is 234 g/mol. The van der Waals surface area contributed by atoms with Crippen LogP contribution >= 0.6 is 0 Å². The Labute approximate surface area is 98.2 Å². The lowest BCUT2D eigenvalue weighted by atomic mass is 10.2. The maximum atomic E-state index is 11.9. The number of para-hydroxylation sites is 2. The van der Waals surface area contributed by atoms with Crippen molar-refractivity contribution in [3.63, 3.8) is 0 Å². The van der Waals surface area contributed by atoms with Crippen LogP contribution in [0.5, 0.6) is 0 Å². The van der Waals surface area contributed by atoms with E-state index in [4.69, 9.17) is 4.42 Å². The van der Waals surface area contributed by atoms with Gasteiger partial charge < -0.3 is 9.32 Å². The second-order valence-electron chi connectivity index (χ2n) is 4.11. The molecule has 1 heterocycles. The average Bonchev–Trinajstić information content (AvgIpc) is 2.62. The topological polar surface area (TPSA) is 55.5 Å². The Morgan fingerprint density at radius 2 is 2.00 bits per heavy atom. The number of amides is 1. The van der Waals surface area contributed by atoms with Crippen molar-refractivity contribution in [3.8, 4) is 0 Å². The van der Waals surface area contributed by atoms with Gasteiger partial charge in [0.25, 0.3) is 0 Å². The van der Waals surface area contributed by atoms with Gasteiger partial charge in [0.15, 0.2) is 5.58 Å². The third kappa shape index (κ3) is 1.84. The maximum absolute atomic E-state index is 11.9. The summed E-state index contributed by atoms with van der Waals surface area (Å²) in [5.74, 6) is -0.646. The molecule has 0 aliphatic heterocycles. The quantitative estimate of drug-likeness (QED) is 0.785. The Balaban J connectivity index is 2.59. The third-order valence-corrected chi connectivity index (χ3v) is 2.70. The summed E-state index contributed by atoms with van der Waals surface area (Å²) < 4.78 is 6.46. The molecule has 0 aliphatic rings. The van der Waals surface area contributed by atoms with Crippen LogP contribution in [0.1, 0.15) is 13.0 Å². The van der Waals surface area contributed by atoms with Crippen LogP contribution in [0.2, 0.25) is 0 Å². The van der Waals surface area contributed by atoms with Crippen LogP contribution in [0, 0.1) is 0 Å². The van der Waals surface area contributed by atoms with Crippen molar-refractivity contribution in [1.29, 1.82) is 0 Å². The van der Waals surface area contributed by atoms with Crippen LogP contribution in [-0.4, -0.2) is 29.5 Å². The fourth-order valence-electron chi connectivity index (χ4n) is 1.83. The first kappa shape index (κ1) is 11.4. The molecule has 1 aromatic carbocycles. The second-order valence-corrected chi connectivity index (χ2v) is 4.11. The molecule has 2 aromatic rings. The van der Waals surface area contributed by atoms with Crippen molar-refractivity contribution in [2.45, 2.75) is 13.0 Å². The molecule has 1 amide bonds. The molecule has 0 fully saturated rings. The average molecular weight is 234 g/mol. The van der Waals surface area contributed by atoms with E-state index in [0.29, 0.717) is 11.1 Å². The molecule has 0 N–H and O–H groups in total. The molecular weight excluding hydrogens is 220 g/mol. The standard InChI is InChI=1S/C12H14N2O3/c1-8(11(15)13(2)3)14-9-6-4-5-7-10(9)17-12(14)16/h4-8H,1-3H3/t8-/m0/s1. The van der Waals surface area contributed by atoms with Gasteiger partial charge in [-0.2, -0.15) is 0 Å². The van der Waals surface area contributed by atoms with Gasteiger partial charge in [0.05, 0.1) is 5.52 Å². The highest BCUT2D eigenvalue weighted by molar-refractivity contribution is 5.82. The van der Waals surface area contributed by atoms with Crippen LogP contribution in [0.15, 0.2) is 33.5 Å². The zero-order valence-electron chi connectivity index (χ0n) is 10.0. The molecule has 17 heavy (non-hydrogen) atoms. The first-order valence-corrected chi connectivity index (χ1v) is 5.33. The zero-order chi connectivity index (χ0) is 12.6. The Kier molecular flexibility index (Phi) is 2.75.